The largest absolute Gasteiger partial charge is 0.300 e. The fourth-order valence-electron chi connectivity index (χ4n) is 1.47. The zero-order valence-electron chi connectivity index (χ0n) is 8.18. The van der Waals surface area contributed by atoms with Gasteiger partial charge in [-0.05, 0) is 25.2 Å². The molecule has 0 aromatic heterocycles. The summed E-state index contributed by atoms with van der Waals surface area (Å²) in [6.45, 7) is 8.27. The summed E-state index contributed by atoms with van der Waals surface area (Å²) in [5.41, 5.74) is 0. The fraction of sp³-hybridized carbons (Fsp3) is 0.900. The predicted octanol–water partition coefficient (Wildman–Crippen LogP) is 3.04. The third kappa shape index (κ3) is 6.08. The second kappa shape index (κ2) is 5.34. The van der Waals surface area contributed by atoms with E-state index >= 15 is 0 Å². The number of hydrogen-bond acceptors (Lipinski definition) is 1. The first-order valence-corrected chi connectivity index (χ1v) is 4.55. The highest BCUT2D eigenvalue weighted by atomic mass is 16.1. The van der Waals surface area contributed by atoms with Gasteiger partial charge in [0.15, 0.2) is 0 Å². The van der Waals surface area contributed by atoms with E-state index in [-0.39, 0.29) is 0 Å². The van der Waals surface area contributed by atoms with Gasteiger partial charge in [-0.15, -0.1) is 0 Å². The topological polar surface area (TPSA) is 17.1 Å². The molecule has 0 heterocycles. The van der Waals surface area contributed by atoms with Crippen LogP contribution in [0.25, 0.3) is 0 Å². The number of rotatable bonds is 5. The van der Waals surface area contributed by atoms with Crippen LogP contribution >= 0.6 is 0 Å². The zero-order chi connectivity index (χ0) is 8.85. The fourth-order valence-corrected chi connectivity index (χ4v) is 1.47. The molecule has 1 nitrogen and oxygen atoms in total. The van der Waals surface area contributed by atoms with E-state index in [9.17, 15) is 4.79 Å². The summed E-state index contributed by atoms with van der Waals surface area (Å²) in [7, 11) is 0. The summed E-state index contributed by atoms with van der Waals surface area (Å²) < 4.78 is 0. The van der Waals surface area contributed by atoms with Crippen LogP contribution in [0, 0.1) is 11.8 Å². The Morgan fingerprint density at radius 1 is 1.36 bits per heavy atom. The molecule has 0 aromatic carbocycles. The Bertz CT molecular complexity index is 116. The summed E-state index contributed by atoms with van der Waals surface area (Å²) in [5.74, 6) is 1.67. The molecule has 0 rings (SSSR count). The Hall–Kier alpha value is -0.330. The van der Waals surface area contributed by atoms with Gasteiger partial charge < -0.3 is 4.79 Å². The molecule has 0 bridgehead atoms. The van der Waals surface area contributed by atoms with Gasteiger partial charge in [0.2, 0.25) is 0 Å². The lowest BCUT2D eigenvalue weighted by atomic mass is 9.91. The molecule has 11 heavy (non-hydrogen) atoms. The Morgan fingerprint density at radius 2 is 1.91 bits per heavy atom. The average molecular weight is 156 g/mol. The van der Waals surface area contributed by atoms with Crippen molar-refractivity contribution in [1.29, 1.82) is 0 Å². The first-order chi connectivity index (χ1) is 5.06. The summed E-state index contributed by atoms with van der Waals surface area (Å²) in [5, 5.41) is 0. The molecule has 1 heteroatoms. The molecule has 1 atom stereocenters. The molecule has 0 aliphatic carbocycles. The van der Waals surface area contributed by atoms with Crippen molar-refractivity contribution in [2.75, 3.05) is 0 Å². The highest BCUT2D eigenvalue weighted by molar-refractivity contribution is 5.75. The van der Waals surface area contributed by atoms with Crippen molar-refractivity contribution < 1.29 is 4.79 Å². The van der Waals surface area contributed by atoms with Crippen molar-refractivity contribution in [3.8, 4) is 0 Å². The minimum atomic E-state index is 0.331. The molecule has 0 aromatic rings. The summed E-state index contributed by atoms with van der Waals surface area (Å²) in [6, 6.07) is 0. The van der Waals surface area contributed by atoms with Crippen LogP contribution in [0.2, 0.25) is 0 Å². The summed E-state index contributed by atoms with van der Waals surface area (Å²) >= 11 is 0. The molecule has 0 spiro atoms. The molecule has 0 saturated heterocycles. The average Bonchev–Trinajstić information content (AvgIpc) is 1.84. The summed E-state index contributed by atoms with van der Waals surface area (Å²) in [6.07, 6.45) is 3.10. The van der Waals surface area contributed by atoms with Gasteiger partial charge >= 0.3 is 0 Å². The van der Waals surface area contributed by atoms with Gasteiger partial charge in [0, 0.05) is 6.42 Å². The SMILES string of the molecule is CC[C@@H](CC(C)=O)CC(C)C. The minimum absolute atomic E-state index is 0.331. The van der Waals surface area contributed by atoms with E-state index in [1.807, 2.05) is 0 Å². The molecule has 0 aliphatic heterocycles. The molecule has 0 aliphatic rings. The van der Waals surface area contributed by atoms with Gasteiger partial charge in [0.1, 0.15) is 5.78 Å². The first-order valence-electron chi connectivity index (χ1n) is 4.55. The third-order valence-electron chi connectivity index (χ3n) is 1.96. The van der Waals surface area contributed by atoms with Crippen LogP contribution in [0.5, 0.6) is 0 Å². The molecule has 0 fully saturated rings. The maximum absolute atomic E-state index is 10.8. The highest BCUT2D eigenvalue weighted by Gasteiger charge is 2.10. The van der Waals surface area contributed by atoms with Gasteiger partial charge in [-0.1, -0.05) is 27.2 Å². The molecule has 66 valence electrons. The van der Waals surface area contributed by atoms with Crippen LogP contribution in [0.4, 0.5) is 0 Å². The maximum atomic E-state index is 10.8. The second-order valence-corrected chi connectivity index (χ2v) is 3.81. The first kappa shape index (κ1) is 10.7. The molecule has 0 N–H and O–H groups in total. The van der Waals surface area contributed by atoms with Crippen molar-refractivity contribution in [2.24, 2.45) is 11.8 Å². The van der Waals surface area contributed by atoms with Gasteiger partial charge in [-0.25, -0.2) is 0 Å². The monoisotopic (exact) mass is 156 g/mol. The summed E-state index contributed by atoms with van der Waals surface area (Å²) in [4.78, 5) is 10.8. The van der Waals surface area contributed by atoms with Crippen molar-refractivity contribution >= 4 is 5.78 Å². The van der Waals surface area contributed by atoms with Crippen LogP contribution in [0.3, 0.4) is 0 Å². The van der Waals surface area contributed by atoms with Gasteiger partial charge in [-0.2, -0.15) is 0 Å². The normalized spacial score (nSPS) is 13.5. The molecular formula is C10H20O. The maximum Gasteiger partial charge on any atom is 0.130 e. The quantitative estimate of drug-likeness (QED) is 0.598. The van der Waals surface area contributed by atoms with Gasteiger partial charge in [0.05, 0.1) is 0 Å². The van der Waals surface area contributed by atoms with Crippen LogP contribution in [0.1, 0.15) is 47.0 Å². The van der Waals surface area contributed by atoms with Crippen molar-refractivity contribution in [3.63, 3.8) is 0 Å². The van der Waals surface area contributed by atoms with Crippen LogP contribution in [0.15, 0.2) is 0 Å². The van der Waals surface area contributed by atoms with Crippen LogP contribution in [-0.2, 0) is 4.79 Å². The lowest BCUT2D eigenvalue weighted by molar-refractivity contribution is -0.118. The molecular weight excluding hydrogens is 136 g/mol. The smallest absolute Gasteiger partial charge is 0.130 e. The molecule has 0 unspecified atom stereocenters. The predicted molar refractivity (Wildman–Crippen MR) is 48.5 cm³/mol. The molecule has 0 radical (unpaired) electrons. The number of hydrogen-bond donors (Lipinski definition) is 0. The molecule has 0 amide bonds. The van der Waals surface area contributed by atoms with E-state index < -0.39 is 0 Å². The Morgan fingerprint density at radius 3 is 2.18 bits per heavy atom. The molecule has 0 saturated carbocycles. The standard InChI is InChI=1S/C10H20O/c1-5-10(6-8(2)3)7-9(4)11/h8,10H,5-7H2,1-4H3/t10-/m1/s1. The lowest BCUT2D eigenvalue weighted by Crippen LogP contribution is -2.07. The number of carbonyl (C=O) groups excluding carboxylic acids is 1. The van der Waals surface area contributed by atoms with Crippen molar-refractivity contribution in [1.82, 2.24) is 0 Å². The van der Waals surface area contributed by atoms with E-state index in [4.69, 9.17) is 0 Å². The van der Waals surface area contributed by atoms with E-state index in [0.29, 0.717) is 11.7 Å². The van der Waals surface area contributed by atoms with Gasteiger partial charge in [0.25, 0.3) is 0 Å². The Labute approximate surface area is 70.2 Å². The number of carbonyl (C=O) groups is 1. The number of Topliss-reactive ketones (excluding diaryl/α,β-unsaturated/α-hetero) is 1. The highest BCUT2D eigenvalue weighted by Crippen LogP contribution is 2.18. The third-order valence-corrected chi connectivity index (χ3v) is 1.96. The lowest BCUT2D eigenvalue weighted by Gasteiger charge is -2.14. The van der Waals surface area contributed by atoms with Crippen LogP contribution in [-0.4, -0.2) is 5.78 Å². The van der Waals surface area contributed by atoms with Gasteiger partial charge in [-0.3, -0.25) is 0 Å². The minimum Gasteiger partial charge on any atom is -0.300 e. The van der Waals surface area contributed by atoms with E-state index in [0.717, 1.165) is 18.8 Å². The van der Waals surface area contributed by atoms with E-state index in [1.165, 1.54) is 6.42 Å². The van der Waals surface area contributed by atoms with E-state index in [2.05, 4.69) is 20.8 Å². The zero-order valence-corrected chi connectivity index (χ0v) is 8.18. The Kier molecular flexibility index (Phi) is 5.18. The second-order valence-electron chi connectivity index (χ2n) is 3.81. The van der Waals surface area contributed by atoms with Crippen LogP contribution < -0.4 is 0 Å². The van der Waals surface area contributed by atoms with Crippen molar-refractivity contribution in [3.05, 3.63) is 0 Å². The van der Waals surface area contributed by atoms with Crippen molar-refractivity contribution in [2.45, 2.75) is 47.0 Å². The number of ketones is 1. The van der Waals surface area contributed by atoms with E-state index in [1.54, 1.807) is 6.92 Å². The Balaban J connectivity index is 3.66.